The van der Waals surface area contributed by atoms with E-state index in [1.54, 1.807) is 0 Å². The van der Waals surface area contributed by atoms with Gasteiger partial charge in [0.2, 0.25) is 0 Å². The van der Waals surface area contributed by atoms with Crippen molar-refractivity contribution >= 4 is 74.3 Å². The molecule has 6 atom stereocenters. The zero-order chi connectivity index (χ0) is 8.31. The summed E-state index contributed by atoms with van der Waals surface area (Å²) in [7, 11) is 19.5. The van der Waals surface area contributed by atoms with Gasteiger partial charge in [0.05, 0.1) is 0 Å². The normalized spacial score (nSPS) is 15.2. The van der Waals surface area contributed by atoms with Gasteiger partial charge in [0.25, 0.3) is 0 Å². The van der Waals surface area contributed by atoms with Gasteiger partial charge < -0.3 is 0 Å². The summed E-state index contributed by atoms with van der Waals surface area (Å²) >= 11 is 0. The van der Waals surface area contributed by atoms with Crippen LogP contribution in [0.5, 0.6) is 0 Å². The third kappa shape index (κ3) is 5.28. The highest BCUT2D eigenvalue weighted by Gasteiger charge is 2.20. The summed E-state index contributed by atoms with van der Waals surface area (Å²) in [6, 6.07) is 0. The maximum atomic E-state index is 5.85. The fourth-order valence-corrected chi connectivity index (χ4v) is 29.1. The first kappa shape index (κ1) is 13.5. The van der Waals surface area contributed by atoms with Crippen LogP contribution in [0.15, 0.2) is 0 Å². The first-order chi connectivity index (χ1) is 4.46. The number of hydrogen-bond acceptors (Lipinski definition) is 0. The summed E-state index contributed by atoms with van der Waals surface area (Å²) in [4.78, 5) is 0. The van der Waals surface area contributed by atoms with Gasteiger partial charge in [-0.05, 0) is 0 Å². The van der Waals surface area contributed by atoms with Gasteiger partial charge in [-0.2, -0.15) is 0 Å². The molecule has 58 valence electrons. The summed E-state index contributed by atoms with van der Waals surface area (Å²) in [5.41, 5.74) is 0. The zero-order valence-corrected chi connectivity index (χ0v) is 13.8. The topological polar surface area (TPSA) is 0 Å². The Hall–Kier alpha value is 3.50. The van der Waals surface area contributed by atoms with Crippen LogP contribution in [-0.2, 0) is 0 Å². The molecule has 2 radical (unpaired) electrons. The van der Waals surface area contributed by atoms with Gasteiger partial charge in [-0.25, -0.2) is 0 Å². The Labute approximate surface area is 79.5 Å². The fourth-order valence-electron chi connectivity index (χ4n) is 0.462. The third-order valence-electron chi connectivity index (χ3n) is 0.800. The lowest BCUT2D eigenvalue weighted by Crippen LogP contribution is -1.84. The van der Waals surface area contributed by atoms with Crippen LogP contribution in [-0.4, -0.2) is 12.7 Å². The molecule has 0 heterocycles. The highest BCUT2D eigenvalue weighted by Crippen LogP contribution is 2.82. The van der Waals surface area contributed by atoms with E-state index in [0.717, 1.165) is 0 Å². The predicted octanol–water partition coefficient (Wildman–Crippen LogP) is 3.75. The van der Waals surface area contributed by atoms with Gasteiger partial charge in [-0.3, -0.25) is 0 Å². The molecule has 0 bridgehead atoms. The predicted molar refractivity (Wildman–Crippen MR) is 78.9 cm³/mol. The van der Waals surface area contributed by atoms with Crippen molar-refractivity contribution in [3.05, 3.63) is 0 Å². The van der Waals surface area contributed by atoms with Gasteiger partial charge in [0, 0.05) is 5.14 Å². The molecule has 0 rings (SSSR count). The average Bonchev–Trinajstić information content (AvgIpc) is 1.59. The molecule has 0 nitrogen and oxygen atoms in total. The van der Waals surface area contributed by atoms with E-state index in [1.165, 1.54) is 0 Å². The quantitative estimate of drug-likeness (QED) is 0.546. The lowest BCUT2D eigenvalue weighted by atomic mass is 10.8. The minimum atomic E-state index is -0.352. The molecule has 0 spiro atoms. The van der Waals surface area contributed by atoms with E-state index in [0.29, 0.717) is 5.14 Å². The largest absolute Gasteiger partial charge is 0.125 e. The third-order valence-corrected chi connectivity index (χ3v) is 19.2. The summed E-state index contributed by atoms with van der Waals surface area (Å²) in [5.74, 6) is 0. The van der Waals surface area contributed by atoms with Crippen LogP contribution in [0.2, 0.25) is 0 Å². The van der Waals surface area contributed by atoms with Gasteiger partial charge in [0.1, 0.15) is 7.57 Å². The van der Waals surface area contributed by atoms with Gasteiger partial charge in [0.15, 0.2) is 0 Å². The molecule has 0 saturated carbocycles. The molecule has 0 amide bonds. The SMILES string of the molecule is [B]P(P)C(P(P)P)P(P)P. The molecule has 0 N–H and O–H groups in total. The standard InChI is InChI=1S/CH11BP8/c2-8(3)1(9(4)5)10(6)7/h1H,3-7H2. The summed E-state index contributed by atoms with van der Waals surface area (Å²) in [6.45, 7) is 0. The maximum Gasteiger partial charge on any atom is 0.115 e. The van der Waals surface area contributed by atoms with Crippen LogP contribution in [0.25, 0.3) is 0 Å². The first-order valence-corrected chi connectivity index (χ1v) is 14.7. The fraction of sp³-hybridized carbons (Fsp3) is 1.00. The first-order valence-electron chi connectivity index (χ1n) is 2.32. The zero-order valence-electron chi connectivity index (χ0n) is 5.38. The number of rotatable bonds is 3. The molecule has 0 aliphatic heterocycles. The Kier molecular flexibility index (Phi) is 9.30. The minimum Gasteiger partial charge on any atom is -0.125 e. The van der Waals surface area contributed by atoms with Gasteiger partial charge in [-0.15, -0.1) is 52.1 Å². The van der Waals surface area contributed by atoms with Crippen LogP contribution >= 0.6 is 66.7 Å². The van der Waals surface area contributed by atoms with Crippen molar-refractivity contribution in [3.8, 4) is 0 Å². The molecule has 0 aromatic heterocycles. The second-order valence-electron chi connectivity index (χ2n) is 1.69. The van der Waals surface area contributed by atoms with Crippen LogP contribution in [0, 0.1) is 0 Å². The Morgan fingerprint density at radius 2 is 1.20 bits per heavy atom. The van der Waals surface area contributed by atoms with Crippen molar-refractivity contribution in [2.75, 3.05) is 0 Å². The summed E-state index contributed by atoms with van der Waals surface area (Å²) in [6.07, 6.45) is 0. The lowest BCUT2D eigenvalue weighted by molar-refractivity contribution is 2.05. The van der Waals surface area contributed by atoms with Crippen LogP contribution in [0.1, 0.15) is 0 Å². The minimum absolute atomic E-state index is 0.0394. The molecule has 0 aliphatic carbocycles. The van der Waals surface area contributed by atoms with Crippen LogP contribution in [0.4, 0.5) is 0 Å². The van der Waals surface area contributed by atoms with Crippen molar-refractivity contribution in [2.45, 2.75) is 5.14 Å². The van der Waals surface area contributed by atoms with Crippen molar-refractivity contribution in [3.63, 3.8) is 0 Å². The summed E-state index contributed by atoms with van der Waals surface area (Å²) in [5, 5.41) is 0.676. The number of hydrogen-bond donors (Lipinski definition) is 0. The molecule has 0 fully saturated rings. The Morgan fingerprint density at radius 1 is 0.900 bits per heavy atom. The Morgan fingerprint density at radius 3 is 1.20 bits per heavy atom. The van der Waals surface area contributed by atoms with E-state index in [9.17, 15) is 0 Å². The van der Waals surface area contributed by atoms with Crippen LogP contribution in [0.3, 0.4) is 0 Å². The molecule has 6 unspecified atom stereocenters. The second kappa shape index (κ2) is 6.89. The van der Waals surface area contributed by atoms with Crippen molar-refractivity contribution < 1.29 is 0 Å². The van der Waals surface area contributed by atoms with E-state index in [4.69, 9.17) is 7.57 Å². The molecule has 9 heteroatoms. The highest BCUT2D eigenvalue weighted by atomic mass is 32.4. The molecule has 0 aliphatic rings. The highest BCUT2D eigenvalue weighted by molar-refractivity contribution is 8.58. The second-order valence-corrected chi connectivity index (χ2v) is 19.7. The molecule has 10 heavy (non-hydrogen) atoms. The van der Waals surface area contributed by atoms with Crippen molar-refractivity contribution in [1.29, 1.82) is 0 Å². The molecular formula is CH11BP8. The van der Waals surface area contributed by atoms with Crippen LogP contribution < -0.4 is 0 Å². The molecule has 0 saturated heterocycles. The monoisotopic (exact) mass is 282 g/mol. The Balaban J connectivity index is 3.98. The average molecular weight is 282 g/mol. The molecular weight excluding hydrogens is 271 g/mol. The molecule has 0 aromatic rings. The maximum absolute atomic E-state index is 5.85. The van der Waals surface area contributed by atoms with Gasteiger partial charge in [-0.1, -0.05) is 14.6 Å². The van der Waals surface area contributed by atoms with Gasteiger partial charge >= 0.3 is 0 Å². The molecule has 0 aromatic carbocycles. The summed E-state index contributed by atoms with van der Waals surface area (Å²) < 4.78 is 0. The van der Waals surface area contributed by atoms with E-state index in [1.807, 2.05) is 0 Å². The van der Waals surface area contributed by atoms with E-state index >= 15 is 0 Å². The lowest BCUT2D eigenvalue weighted by Gasteiger charge is -2.28. The Bertz CT molecular complexity index is 70.2. The van der Waals surface area contributed by atoms with Crippen molar-refractivity contribution in [1.82, 2.24) is 0 Å². The van der Waals surface area contributed by atoms with E-state index < -0.39 is 0 Å². The van der Waals surface area contributed by atoms with E-state index in [-0.39, 0.29) is 22.1 Å². The van der Waals surface area contributed by atoms with Crippen molar-refractivity contribution in [2.24, 2.45) is 0 Å². The van der Waals surface area contributed by atoms with E-state index in [2.05, 4.69) is 44.6 Å². The smallest absolute Gasteiger partial charge is 0.115 e.